The van der Waals surface area contributed by atoms with Gasteiger partial charge in [0.25, 0.3) is 0 Å². The molecule has 0 atom stereocenters. The fraction of sp³-hybridized carbons (Fsp3) is 0.250. The number of benzene rings is 3. The van der Waals surface area contributed by atoms with Gasteiger partial charge in [0.1, 0.15) is 0 Å². The number of aliphatic hydroxyl groups excluding tert-OH is 2. The van der Waals surface area contributed by atoms with Crippen molar-refractivity contribution in [2.75, 3.05) is 26.4 Å². The van der Waals surface area contributed by atoms with Crippen LogP contribution >= 0.6 is 0 Å². The fourth-order valence-corrected chi connectivity index (χ4v) is 4.24. The van der Waals surface area contributed by atoms with E-state index in [1.807, 2.05) is 54.6 Å². The van der Waals surface area contributed by atoms with E-state index in [9.17, 15) is 10.2 Å². The van der Waals surface area contributed by atoms with E-state index in [1.54, 1.807) is 0 Å². The molecule has 0 radical (unpaired) electrons. The molecule has 2 heterocycles. The van der Waals surface area contributed by atoms with Crippen molar-refractivity contribution in [2.24, 2.45) is 5.41 Å². The first-order valence-corrected chi connectivity index (χ1v) is 11.4. The minimum atomic E-state index is -0.808. The maximum atomic E-state index is 9.75. The van der Waals surface area contributed by atoms with Gasteiger partial charge in [0.05, 0.1) is 43.2 Å². The molecule has 1 aliphatic heterocycles. The number of nitrogens with zero attached hydrogens (tertiary/aromatic N) is 2. The van der Waals surface area contributed by atoms with Gasteiger partial charge in [0, 0.05) is 17.7 Å². The molecule has 6 heteroatoms. The lowest BCUT2D eigenvalue weighted by molar-refractivity contribution is -0.251. The molecule has 0 aliphatic carbocycles. The maximum Gasteiger partial charge on any atom is 0.217 e. The van der Waals surface area contributed by atoms with E-state index in [-0.39, 0.29) is 26.4 Å². The Kier molecular flexibility index (Phi) is 6.56. The summed E-state index contributed by atoms with van der Waals surface area (Å²) in [5, 5.41) is 19.5. The van der Waals surface area contributed by atoms with Crippen LogP contribution in [0.15, 0.2) is 91.0 Å². The molecule has 34 heavy (non-hydrogen) atoms. The number of aliphatic hydroxyl groups is 2. The molecule has 4 aromatic rings. The average molecular weight is 457 g/mol. The first-order chi connectivity index (χ1) is 16.7. The highest BCUT2D eigenvalue weighted by molar-refractivity contribution is 5.79. The minimum absolute atomic E-state index is 0.185. The summed E-state index contributed by atoms with van der Waals surface area (Å²) in [6.45, 7) is 0.543. The molecule has 0 spiro atoms. The Morgan fingerprint density at radius 1 is 0.765 bits per heavy atom. The average Bonchev–Trinajstić information content (AvgIpc) is 3.29. The molecule has 5 rings (SSSR count). The van der Waals surface area contributed by atoms with Gasteiger partial charge in [0.15, 0.2) is 5.82 Å². The third kappa shape index (κ3) is 4.41. The van der Waals surface area contributed by atoms with Crippen molar-refractivity contribution >= 4 is 0 Å². The van der Waals surface area contributed by atoms with Crippen LogP contribution in [0.3, 0.4) is 0 Å². The zero-order valence-electron chi connectivity index (χ0n) is 18.9. The van der Waals surface area contributed by atoms with Gasteiger partial charge in [0.2, 0.25) is 6.29 Å². The summed E-state index contributed by atoms with van der Waals surface area (Å²) < 4.78 is 14.3. The summed E-state index contributed by atoms with van der Waals surface area (Å²) in [5.41, 5.74) is 4.22. The zero-order chi connectivity index (χ0) is 23.4. The van der Waals surface area contributed by atoms with Gasteiger partial charge in [-0.15, -0.1) is 0 Å². The SMILES string of the molecule is OCC1(CO)COC(c2nc(-c3ccccc3)c(-c3ccccc3)n2Cc2ccccc2)OC1. The van der Waals surface area contributed by atoms with Crippen molar-refractivity contribution < 1.29 is 19.7 Å². The maximum absolute atomic E-state index is 9.75. The van der Waals surface area contributed by atoms with E-state index in [0.717, 1.165) is 28.1 Å². The molecule has 1 aromatic heterocycles. The highest BCUT2D eigenvalue weighted by Crippen LogP contribution is 2.38. The molecule has 1 saturated heterocycles. The van der Waals surface area contributed by atoms with Gasteiger partial charge in [-0.2, -0.15) is 0 Å². The summed E-state index contributed by atoms with van der Waals surface area (Å²) in [4.78, 5) is 5.06. The van der Waals surface area contributed by atoms with Gasteiger partial charge in [-0.05, 0) is 5.56 Å². The first-order valence-electron chi connectivity index (χ1n) is 11.4. The van der Waals surface area contributed by atoms with Gasteiger partial charge >= 0.3 is 0 Å². The molecule has 1 aliphatic rings. The highest BCUT2D eigenvalue weighted by atomic mass is 16.7. The molecule has 3 aromatic carbocycles. The number of ether oxygens (including phenoxy) is 2. The molecule has 174 valence electrons. The lowest BCUT2D eigenvalue weighted by Crippen LogP contribution is -2.44. The number of imidazole rings is 1. The van der Waals surface area contributed by atoms with Crippen LogP contribution in [0.4, 0.5) is 0 Å². The standard InChI is InChI=1S/C28H28N2O4/c31-17-28(18-32)19-33-27(34-20-28)26-29-24(22-12-6-2-7-13-22)25(23-14-8-3-9-15-23)30(26)16-21-10-4-1-5-11-21/h1-15,27,31-32H,16-20H2. The van der Waals surface area contributed by atoms with Gasteiger partial charge in [-0.3, -0.25) is 0 Å². The van der Waals surface area contributed by atoms with Crippen LogP contribution in [-0.4, -0.2) is 46.2 Å². The summed E-state index contributed by atoms with van der Waals surface area (Å²) >= 11 is 0. The van der Waals surface area contributed by atoms with E-state index >= 15 is 0 Å². The van der Waals surface area contributed by atoms with Crippen molar-refractivity contribution in [3.8, 4) is 22.5 Å². The lowest BCUT2D eigenvalue weighted by atomic mass is 9.92. The van der Waals surface area contributed by atoms with E-state index in [1.165, 1.54) is 0 Å². The molecule has 0 bridgehead atoms. The molecular formula is C28H28N2O4. The van der Waals surface area contributed by atoms with Crippen LogP contribution in [-0.2, 0) is 16.0 Å². The molecular weight excluding hydrogens is 428 g/mol. The number of hydrogen-bond acceptors (Lipinski definition) is 5. The van der Waals surface area contributed by atoms with Crippen molar-refractivity contribution in [1.29, 1.82) is 0 Å². The van der Waals surface area contributed by atoms with Crippen molar-refractivity contribution in [3.05, 3.63) is 102 Å². The smallest absolute Gasteiger partial charge is 0.217 e. The van der Waals surface area contributed by atoms with E-state index in [2.05, 4.69) is 41.0 Å². The van der Waals surface area contributed by atoms with Crippen LogP contribution in [0, 0.1) is 5.41 Å². The van der Waals surface area contributed by atoms with Crippen LogP contribution in [0.5, 0.6) is 0 Å². The zero-order valence-corrected chi connectivity index (χ0v) is 18.9. The van der Waals surface area contributed by atoms with Crippen LogP contribution in [0.1, 0.15) is 17.7 Å². The predicted octanol–water partition coefficient (Wildman–Crippen LogP) is 4.28. The van der Waals surface area contributed by atoms with Crippen molar-refractivity contribution in [3.63, 3.8) is 0 Å². The molecule has 0 amide bonds. The Morgan fingerprint density at radius 2 is 1.29 bits per heavy atom. The number of aromatic nitrogens is 2. The van der Waals surface area contributed by atoms with Crippen molar-refractivity contribution in [2.45, 2.75) is 12.8 Å². The molecule has 0 unspecified atom stereocenters. The third-order valence-corrected chi connectivity index (χ3v) is 6.24. The van der Waals surface area contributed by atoms with E-state index < -0.39 is 11.7 Å². The van der Waals surface area contributed by atoms with Gasteiger partial charge < -0.3 is 24.3 Å². The summed E-state index contributed by atoms with van der Waals surface area (Å²) in [7, 11) is 0. The topological polar surface area (TPSA) is 76.7 Å². The first kappa shape index (κ1) is 22.5. The normalized spacial score (nSPS) is 15.9. The molecule has 6 nitrogen and oxygen atoms in total. The van der Waals surface area contributed by atoms with Crippen LogP contribution in [0.25, 0.3) is 22.5 Å². The fourth-order valence-electron chi connectivity index (χ4n) is 4.24. The van der Waals surface area contributed by atoms with Gasteiger partial charge in [-0.25, -0.2) is 4.98 Å². The second-order valence-electron chi connectivity index (χ2n) is 8.74. The Labute approximate surface area is 199 Å². The molecule has 0 saturated carbocycles. The van der Waals surface area contributed by atoms with E-state index in [0.29, 0.717) is 12.4 Å². The highest BCUT2D eigenvalue weighted by Gasteiger charge is 2.39. The predicted molar refractivity (Wildman–Crippen MR) is 130 cm³/mol. The monoisotopic (exact) mass is 456 g/mol. The lowest BCUT2D eigenvalue weighted by Gasteiger charge is -2.37. The largest absolute Gasteiger partial charge is 0.396 e. The van der Waals surface area contributed by atoms with Crippen LogP contribution in [0.2, 0.25) is 0 Å². The van der Waals surface area contributed by atoms with E-state index in [4.69, 9.17) is 14.5 Å². The van der Waals surface area contributed by atoms with Crippen molar-refractivity contribution in [1.82, 2.24) is 9.55 Å². The molecule has 2 N–H and O–H groups in total. The number of rotatable bonds is 7. The quantitative estimate of drug-likeness (QED) is 0.434. The number of hydrogen-bond donors (Lipinski definition) is 2. The Bertz CT molecular complexity index is 1200. The second kappa shape index (κ2) is 9.91. The Morgan fingerprint density at radius 3 is 1.85 bits per heavy atom. The van der Waals surface area contributed by atoms with Crippen LogP contribution < -0.4 is 0 Å². The molecule has 1 fully saturated rings. The summed E-state index contributed by atoms with van der Waals surface area (Å²) in [5.74, 6) is 0.658. The Hall–Kier alpha value is -3.29. The third-order valence-electron chi connectivity index (χ3n) is 6.24. The Balaban J connectivity index is 1.65. The minimum Gasteiger partial charge on any atom is -0.396 e. The van der Waals surface area contributed by atoms with Gasteiger partial charge in [-0.1, -0.05) is 91.0 Å². The summed E-state index contributed by atoms with van der Waals surface area (Å²) in [6.07, 6.45) is -0.713. The second-order valence-corrected chi connectivity index (χ2v) is 8.74. The summed E-state index contributed by atoms with van der Waals surface area (Å²) in [6, 6.07) is 30.5.